The van der Waals surface area contributed by atoms with Crippen LogP contribution in [0, 0.1) is 0 Å². The van der Waals surface area contributed by atoms with E-state index in [0.717, 1.165) is 16.2 Å². The van der Waals surface area contributed by atoms with Crippen LogP contribution in [0.1, 0.15) is 11.4 Å². The molecule has 0 atom stereocenters. The average Bonchev–Trinajstić information content (AvgIpc) is 3.29. The van der Waals surface area contributed by atoms with Gasteiger partial charge in [0.05, 0.1) is 24.4 Å². The zero-order valence-electron chi connectivity index (χ0n) is 12.7. The lowest BCUT2D eigenvalue weighted by Crippen LogP contribution is -2.24. The summed E-state index contributed by atoms with van der Waals surface area (Å²) in [6.07, 6.45) is 5.56. The maximum atomic E-state index is 12.1. The van der Waals surface area contributed by atoms with Crippen LogP contribution in [-0.4, -0.2) is 20.3 Å². The first-order valence-corrected chi connectivity index (χ1v) is 8.33. The number of carbonyl (C=O) groups excluding carboxylic acids is 1. The highest BCUT2D eigenvalue weighted by molar-refractivity contribution is 7.15. The molecule has 120 valence electrons. The van der Waals surface area contributed by atoms with Crippen molar-refractivity contribution in [1.82, 2.24) is 19.7 Å². The Morgan fingerprint density at radius 2 is 2.08 bits per heavy atom. The predicted octanol–water partition coefficient (Wildman–Crippen LogP) is 2.91. The van der Waals surface area contributed by atoms with Gasteiger partial charge in [0.25, 0.3) is 0 Å². The number of imidazole rings is 1. The lowest BCUT2D eigenvalue weighted by atomic mass is 10.2. The Morgan fingerprint density at radius 1 is 1.21 bits per heavy atom. The third-order valence-electron chi connectivity index (χ3n) is 3.52. The fraction of sp³-hybridized carbons (Fsp3) is 0.118. The van der Waals surface area contributed by atoms with Crippen molar-refractivity contribution < 1.29 is 9.21 Å². The highest BCUT2D eigenvalue weighted by atomic mass is 32.1. The third kappa shape index (κ3) is 3.07. The lowest BCUT2D eigenvalue weighted by Gasteiger charge is -2.00. The molecule has 1 N–H and O–H groups in total. The Hall–Kier alpha value is -2.93. The third-order valence-corrected chi connectivity index (χ3v) is 4.29. The summed E-state index contributed by atoms with van der Waals surface area (Å²) in [7, 11) is 0. The lowest BCUT2D eigenvalue weighted by molar-refractivity contribution is -0.120. The number of rotatable bonds is 5. The van der Waals surface area contributed by atoms with Gasteiger partial charge in [-0.2, -0.15) is 0 Å². The first kappa shape index (κ1) is 14.6. The maximum absolute atomic E-state index is 12.1. The first-order valence-electron chi connectivity index (χ1n) is 7.45. The number of carbonyl (C=O) groups is 1. The Labute approximate surface area is 141 Å². The molecule has 1 amide bonds. The van der Waals surface area contributed by atoms with Crippen LogP contribution in [0.15, 0.2) is 58.8 Å². The number of hydrogen-bond donors (Lipinski definition) is 1. The Bertz CT molecular complexity index is 942. The van der Waals surface area contributed by atoms with Crippen molar-refractivity contribution in [2.24, 2.45) is 0 Å². The van der Waals surface area contributed by atoms with Gasteiger partial charge in [-0.1, -0.05) is 18.2 Å². The van der Waals surface area contributed by atoms with Crippen LogP contribution >= 0.6 is 11.3 Å². The van der Waals surface area contributed by atoms with Crippen molar-refractivity contribution in [2.75, 3.05) is 0 Å². The minimum Gasteiger partial charge on any atom is -0.444 e. The van der Waals surface area contributed by atoms with Crippen LogP contribution < -0.4 is 5.32 Å². The largest absolute Gasteiger partial charge is 0.444 e. The number of nitrogens with one attached hydrogen (secondary N) is 1. The molecule has 3 heterocycles. The smallest absolute Gasteiger partial charge is 0.226 e. The number of aromatic nitrogens is 3. The second-order valence-electron chi connectivity index (χ2n) is 5.29. The van der Waals surface area contributed by atoms with Crippen molar-refractivity contribution in [1.29, 1.82) is 0 Å². The molecule has 6 nitrogen and oxygen atoms in total. The van der Waals surface area contributed by atoms with E-state index in [4.69, 9.17) is 4.42 Å². The van der Waals surface area contributed by atoms with Crippen molar-refractivity contribution in [2.45, 2.75) is 13.0 Å². The molecule has 0 unspecified atom stereocenters. The number of amides is 1. The van der Waals surface area contributed by atoms with Crippen LogP contribution in [-0.2, 0) is 17.8 Å². The zero-order chi connectivity index (χ0) is 16.4. The van der Waals surface area contributed by atoms with E-state index in [1.165, 1.54) is 6.26 Å². The van der Waals surface area contributed by atoms with Gasteiger partial charge in [-0.05, 0) is 12.1 Å². The number of nitrogens with zero attached hydrogens (tertiary/aromatic N) is 3. The van der Waals surface area contributed by atoms with Crippen LogP contribution in [0.4, 0.5) is 0 Å². The number of thiazole rings is 1. The summed E-state index contributed by atoms with van der Waals surface area (Å²) in [4.78, 5) is 21.8. The van der Waals surface area contributed by atoms with E-state index in [0.29, 0.717) is 18.1 Å². The predicted molar refractivity (Wildman–Crippen MR) is 90.6 cm³/mol. The maximum Gasteiger partial charge on any atom is 0.226 e. The molecular weight excluding hydrogens is 324 g/mol. The molecule has 3 aromatic heterocycles. The minimum atomic E-state index is -0.112. The second-order valence-corrected chi connectivity index (χ2v) is 6.16. The van der Waals surface area contributed by atoms with Crippen molar-refractivity contribution in [3.63, 3.8) is 0 Å². The first-order chi connectivity index (χ1) is 11.8. The highest BCUT2D eigenvalue weighted by Crippen LogP contribution is 2.18. The van der Waals surface area contributed by atoms with Gasteiger partial charge >= 0.3 is 0 Å². The number of fused-ring (bicyclic) bond motifs is 1. The summed E-state index contributed by atoms with van der Waals surface area (Å²) in [6, 6.07) is 9.60. The molecule has 0 saturated heterocycles. The molecule has 1 aromatic carbocycles. The standard InChI is InChI=1S/C17H14N4O2S/c22-15(18-9-14-10-21-6-7-24-17(21)20-14)8-13-11-23-16(19-13)12-4-2-1-3-5-12/h1-7,10-11H,8-9H2,(H,18,22). The summed E-state index contributed by atoms with van der Waals surface area (Å²) in [5, 5.41) is 4.83. The van der Waals surface area contributed by atoms with Gasteiger partial charge in [-0.3, -0.25) is 9.20 Å². The molecule has 0 aliphatic carbocycles. The normalized spacial score (nSPS) is 11.0. The summed E-state index contributed by atoms with van der Waals surface area (Å²) < 4.78 is 7.38. The van der Waals surface area contributed by atoms with Crippen molar-refractivity contribution in [3.8, 4) is 11.5 Å². The van der Waals surface area contributed by atoms with Crippen LogP contribution in [0.5, 0.6) is 0 Å². The van der Waals surface area contributed by atoms with E-state index in [1.807, 2.05) is 52.5 Å². The molecule has 7 heteroatoms. The van der Waals surface area contributed by atoms with Gasteiger partial charge < -0.3 is 9.73 Å². The van der Waals surface area contributed by atoms with Gasteiger partial charge in [0.15, 0.2) is 4.96 Å². The minimum absolute atomic E-state index is 0.112. The molecule has 24 heavy (non-hydrogen) atoms. The van der Waals surface area contributed by atoms with Gasteiger partial charge in [-0.15, -0.1) is 11.3 Å². The summed E-state index contributed by atoms with van der Waals surface area (Å²) >= 11 is 1.56. The van der Waals surface area contributed by atoms with Crippen molar-refractivity contribution >= 4 is 22.2 Å². The van der Waals surface area contributed by atoms with Crippen LogP contribution in [0.25, 0.3) is 16.4 Å². The monoisotopic (exact) mass is 338 g/mol. The Balaban J connectivity index is 1.36. The number of hydrogen-bond acceptors (Lipinski definition) is 5. The molecule has 0 fully saturated rings. The molecule has 0 bridgehead atoms. The summed E-state index contributed by atoms with van der Waals surface area (Å²) in [5.41, 5.74) is 2.33. The molecule has 0 aliphatic rings. The molecule has 0 spiro atoms. The molecular formula is C17H14N4O2S. The fourth-order valence-electron chi connectivity index (χ4n) is 2.38. The second kappa shape index (κ2) is 6.29. The van der Waals surface area contributed by atoms with Crippen LogP contribution in [0.2, 0.25) is 0 Å². The molecule has 0 saturated carbocycles. The Morgan fingerprint density at radius 3 is 2.92 bits per heavy atom. The van der Waals surface area contributed by atoms with E-state index in [-0.39, 0.29) is 12.3 Å². The van der Waals surface area contributed by atoms with Gasteiger partial charge in [-0.25, -0.2) is 9.97 Å². The van der Waals surface area contributed by atoms with Crippen LogP contribution in [0.3, 0.4) is 0 Å². The van der Waals surface area contributed by atoms with E-state index in [2.05, 4.69) is 15.3 Å². The van der Waals surface area contributed by atoms with E-state index >= 15 is 0 Å². The zero-order valence-corrected chi connectivity index (χ0v) is 13.5. The van der Waals surface area contributed by atoms with E-state index in [1.54, 1.807) is 11.3 Å². The van der Waals surface area contributed by atoms with E-state index in [9.17, 15) is 4.79 Å². The topological polar surface area (TPSA) is 72.4 Å². The Kier molecular flexibility index (Phi) is 3.84. The molecule has 0 radical (unpaired) electrons. The van der Waals surface area contributed by atoms with E-state index < -0.39 is 0 Å². The van der Waals surface area contributed by atoms with Gasteiger partial charge in [0.2, 0.25) is 11.8 Å². The van der Waals surface area contributed by atoms with Gasteiger partial charge in [0.1, 0.15) is 6.26 Å². The fourth-order valence-corrected chi connectivity index (χ4v) is 3.10. The molecule has 4 rings (SSSR count). The highest BCUT2D eigenvalue weighted by Gasteiger charge is 2.11. The average molecular weight is 338 g/mol. The summed E-state index contributed by atoms with van der Waals surface area (Å²) in [6.45, 7) is 0.399. The summed E-state index contributed by atoms with van der Waals surface area (Å²) in [5.74, 6) is 0.409. The van der Waals surface area contributed by atoms with Gasteiger partial charge in [0, 0.05) is 23.3 Å². The SMILES string of the molecule is O=C(Cc1coc(-c2ccccc2)n1)NCc1cn2ccsc2n1. The number of oxazole rings is 1. The molecule has 4 aromatic rings. The quantitative estimate of drug-likeness (QED) is 0.607. The number of benzene rings is 1. The van der Waals surface area contributed by atoms with Crippen molar-refractivity contribution in [3.05, 3.63) is 65.8 Å². The molecule has 0 aliphatic heterocycles.